The van der Waals surface area contributed by atoms with Crippen LogP contribution in [0.15, 0.2) is 0 Å². The number of hydrogen-bond donors (Lipinski definition) is 0. The summed E-state index contributed by atoms with van der Waals surface area (Å²) in [6.45, 7) is 7.47. The Balaban J connectivity index is 2.91. The maximum absolute atomic E-state index is 11.9. The van der Waals surface area contributed by atoms with Gasteiger partial charge >= 0.3 is 0 Å². The summed E-state index contributed by atoms with van der Waals surface area (Å²) in [5.41, 5.74) is -0.970. The van der Waals surface area contributed by atoms with E-state index in [-0.39, 0.29) is 11.0 Å². The minimum absolute atomic E-state index is 0.139. The molecule has 0 aromatic rings. The first-order valence-corrected chi connectivity index (χ1v) is 5.26. The van der Waals surface area contributed by atoms with E-state index >= 15 is 0 Å². The molecular formula is C10H17NO2S-. The normalized spacial score (nSPS) is 27.5. The number of hydrogen-bond acceptors (Lipinski definition) is 3. The first-order chi connectivity index (χ1) is 6.17. The molecule has 0 saturated carbocycles. The topological polar surface area (TPSA) is 40.2 Å². The molecule has 4 heteroatoms. The van der Waals surface area contributed by atoms with Crippen molar-refractivity contribution in [2.75, 3.05) is 0 Å². The fraction of sp³-hybridized carbons (Fsp3) is 0.900. The van der Waals surface area contributed by atoms with Crippen LogP contribution in [0.1, 0.15) is 40.5 Å². The lowest BCUT2D eigenvalue weighted by Gasteiger charge is -2.50. The summed E-state index contributed by atoms with van der Waals surface area (Å²) in [6, 6.07) is 0. The Morgan fingerprint density at radius 3 is 1.86 bits per heavy atom. The van der Waals surface area contributed by atoms with Crippen LogP contribution in [0, 0.1) is 5.92 Å². The molecular weight excluding hydrogens is 198 g/mol. The van der Waals surface area contributed by atoms with Gasteiger partial charge in [-0.1, -0.05) is 0 Å². The van der Waals surface area contributed by atoms with Gasteiger partial charge in [0.15, 0.2) is 0 Å². The van der Waals surface area contributed by atoms with Crippen LogP contribution in [-0.2, 0) is 22.6 Å². The highest BCUT2D eigenvalue weighted by atomic mass is 32.1. The van der Waals surface area contributed by atoms with Crippen molar-refractivity contribution < 1.29 is 10.0 Å². The second-order valence-corrected chi connectivity index (χ2v) is 5.75. The van der Waals surface area contributed by atoms with E-state index in [0.29, 0.717) is 12.8 Å². The van der Waals surface area contributed by atoms with Gasteiger partial charge in [0.1, 0.15) is 0 Å². The molecule has 0 unspecified atom stereocenters. The molecule has 14 heavy (non-hydrogen) atoms. The lowest BCUT2D eigenvalue weighted by atomic mass is 9.76. The van der Waals surface area contributed by atoms with Crippen LogP contribution in [0.3, 0.4) is 0 Å². The number of hydroxylamine groups is 2. The van der Waals surface area contributed by atoms with E-state index in [4.69, 9.17) is 0 Å². The molecule has 0 N–H and O–H groups in total. The van der Waals surface area contributed by atoms with Gasteiger partial charge in [0.2, 0.25) is 0 Å². The molecule has 0 spiro atoms. The zero-order valence-corrected chi connectivity index (χ0v) is 9.98. The number of rotatable bonds is 1. The average Bonchev–Trinajstić information content (AvgIpc) is 1.98. The molecule has 1 saturated heterocycles. The summed E-state index contributed by atoms with van der Waals surface area (Å²) in [7, 11) is 0. The molecule has 1 aliphatic heterocycles. The smallest absolute Gasteiger partial charge is 0.0449 e. The Morgan fingerprint density at radius 1 is 1.21 bits per heavy atom. The summed E-state index contributed by atoms with van der Waals surface area (Å²) < 4.78 is 0. The summed E-state index contributed by atoms with van der Waals surface area (Å²) >= 11 is 4.68. The Labute approximate surface area is 90.8 Å². The van der Waals surface area contributed by atoms with Crippen LogP contribution in [0.2, 0.25) is 0 Å². The molecule has 0 atom stereocenters. The highest BCUT2D eigenvalue weighted by Gasteiger charge is 2.46. The molecule has 1 aliphatic rings. The van der Waals surface area contributed by atoms with E-state index in [1.165, 1.54) is 0 Å². The molecule has 0 bridgehead atoms. The van der Waals surface area contributed by atoms with E-state index in [1.807, 2.05) is 27.7 Å². The van der Waals surface area contributed by atoms with Gasteiger partial charge in [-0.15, -0.1) is 10.3 Å². The maximum atomic E-state index is 11.9. The molecule has 0 aromatic heterocycles. The Hall–Kier alpha value is -0.190. The summed E-state index contributed by atoms with van der Waals surface area (Å²) in [5.74, 6) is -0.139. The fourth-order valence-corrected chi connectivity index (χ4v) is 2.60. The second-order valence-electron chi connectivity index (χ2n) is 5.34. The Bertz CT molecular complexity index is 233. The van der Waals surface area contributed by atoms with Gasteiger partial charge in [-0.05, 0) is 46.5 Å². The first kappa shape index (κ1) is 11.9. The maximum Gasteiger partial charge on any atom is 0.0449 e. The molecule has 3 nitrogen and oxygen atoms in total. The lowest BCUT2D eigenvalue weighted by Crippen LogP contribution is -2.59. The average molecular weight is 215 g/mol. The summed E-state index contributed by atoms with van der Waals surface area (Å²) in [6.07, 6.45) is 1.14. The lowest BCUT2D eigenvalue weighted by molar-refractivity contribution is -0.292. The summed E-state index contributed by atoms with van der Waals surface area (Å²) in [4.78, 5) is 11.2. The van der Waals surface area contributed by atoms with Gasteiger partial charge in [0.25, 0.3) is 0 Å². The zero-order chi connectivity index (χ0) is 11.1. The predicted octanol–water partition coefficient (Wildman–Crippen LogP) is 1.67. The van der Waals surface area contributed by atoms with E-state index < -0.39 is 11.1 Å². The van der Waals surface area contributed by atoms with Gasteiger partial charge < -0.3 is 17.4 Å². The molecule has 1 fully saturated rings. The number of nitrogens with zero attached hydrogens (tertiary/aromatic N) is 1. The highest BCUT2D eigenvalue weighted by molar-refractivity contribution is 7.77. The van der Waals surface area contributed by atoms with Crippen LogP contribution in [-0.4, -0.2) is 21.3 Å². The van der Waals surface area contributed by atoms with E-state index in [2.05, 4.69) is 12.6 Å². The van der Waals surface area contributed by atoms with Crippen molar-refractivity contribution in [1.29, 1.82) is 0 Å². The SMILES string of the molecule is CC1(C)CC(C(=O)[S-])CC(C)(C)N1[O]. The zero-order valence-electron chi connectivity index (χ0n) is 9.16. The van der Waals surface area contributed by atoms with Gasteiger partial charge in [-0.3, -0.25) is 0 Å². The fourth-order valence-electron chi connectivity index (χ4n) is 2.43. The number of carbonyl (C=O) groups excluding carboxylic acids is 1. The molecule has 1 rings (SSSR count). The van der Waals surface area contributed by atoms with E-state index in [9.17, 15) is 10.0 Å². The molecule has 81 valence electrons. The van der Waals surface area contributed by atoms with Gasteiger partial charge in [-0.25, -0.2) is 0 Å². The van der Waals surface area contributed by atoms with Crippen LogP contribution < -0.4 is 0 Å². The van der Waals surface area contributed by atoms with Crippen molar-refractivity contribution in [2.45, 2.75) is 51.6 Å². The Kier molecular flexibility index (Phi) is 2.91. The number of piperidine rings is 1. The van der Waals surface area contributed by atoms with Crippen LogP contribution in [0.4, 0.5) is 0 Å². The number of carbonyl (C=O) groups is 1. The quantitative estimate of drug-likeness (QED) is 0.625. The van der Waals surface area contributed by atoms with Crippen molar-refractivity contribution in [3.05, 3.63) is 0 Å². The van der Waals surface area contributed by atoms with Gasteiger partial charge in [0.05, 0.1) is 0 Å². The highest BCUT2D eigenvalue weighted by Crippen LogP contribution is 2.40. The van der Waals surface area contributed by atoms with Crippen molar-refractivity contribution in [3.8, 4) is 0 Å². The minimum atomic E-state index is -0.485. The van der Waals surface area contributed by atoms with Crippen LogP contribution >= 0.6 is 0 Å². The predicted molar refractivity (Wildman–Crippen MR) is 55.8 cm³/mol. The largest absolute Gasteiger partial charge is 0.742 e. The molecule has 0 aliphatic carbocycles. The third-order valence-electron chi connectivity index (χ3n) is 2.92. The second kappa shape index (κ2) is 3.43. The Morgan fingerprint density at radius 2 is 1.57 bits per heavy atom. The third-order valence-corrected chi connectivity index (χ3v) is 3.26. The molecule has 0 aromatic carbocycles. The standard InChI is InChI=1S/C10H18NO2S/c1-9(2)5-7(8(12)14)6-10(3,4)11(9)13/h7H,5-6H2,1-4H3,(H,12,14)/p-1. The molecule has 1 heterocycles. The van der Waals surface area contributed by atoms with Crippen LogP contribution in [0.5, 0.6) is 0 Å². The molecule has 1 radical (unpaired) electrons. The summed E-state index contributed by atoms with van der Waals surface area (Å²) in [5, 5.41) is 12.8. The van der Waals surface area contributed by atoms with Gasteiger partial charge in [0, 0.05) is 16.2 Å². The van der Waals surface area contributed by atoms with E-state index in [1.54, 1.807) is 0 Å². The van der Waals surface area contributed by atoms with Gasteiger partial charge in [-0.2, -0.15) is 0 Å². The minimum Gasteiger partial charge on any atom is -0.742 e. The third kappa shape index (κ3) is 2.07. The first-order valence-electron chi connectivity index (χ1n) is 4.85. The van der Waals surface area contributed by atoms with E-state index in [0.717, 1.165) is 5.06 Å². The van der Waals surface area contributed by atoms with Crippen molar-refractivity contribution >= 4 is 17.7 Å². The van der Waals surface area contributed by atoms with Crippen LogP contribution in [0.25, 0.3) is 0 Å². The monoisotopic (exact) mass is 215 g/mol. The van der Waals surface area contributed by atoms with Crippen molar-refractivity contribution in [1.82, 2.24) is 5.06 Å². The van der Waals surface area contributed by atoms with Crippen molar-refractivity contribution in [3.63, 3.8) is 0 Å². The molecule has 0 amide bonds. The van der Waals surface area contributed by atoms with Crippen molar-refractivity contribution in [2.24, 2.45) is 5.92 Å².